The lowest BCUT2D eigenvalue weighted by Crippen LogP contribution is -2.40. The van der Waals surface area contributed by atoms with Crippen LogP contribution in [-0.2, 0) is 4.79 Å². The molecule has 0 radical (unpaired) electrons. The molecule has 0 unspecified atom stereocenters. The monoisotopic (exact) mass is 320 g/mol. The number of hydrogen-bond donors (Lipinski definition) is 2. The Morgan fingerprint density at radius 1 is 1.48 bits per heavy atom. The van der Waals surface area contributed by atoms with Gasteiger partial charge in [-0.3, -0.25) is 4.79 Å². The third-order valence-electron chi connectivity index (χ3n) is 3.08. The molecule has 0 aromatic heterocycles. The Labute approximate surface area is 137 Å². The van der Waals surface area contributed by atoms with Crippen LogP contribution in [-0.4, -0.2) is 43.4 Å². The normalized spacial score (nSPS) is 11.0. The van der Waals surface area contributed by atoms with E-state index in [1.165, 1.54) is 12.1 Å². The van der Waals surface area contributed by atoms with Crippen LogP contribution in [0.15, 0.2) is 41.9 Å². The lowest BCUT2D eigenvalue weighted by molar-refractivity contribution is -0.114. The Morgan fingerprint density at radius 2 is 2.26 bits per heavy atom. The van der Waals surface area contributed by atoms with Gasteiger partial charge in [0, 0.05) is 25.8 Å². The van der Waals surface area contributed by atoms with E-state index in [1.807, 2.05) is 24.9 Å². The molecule has 1 rings (SSSR count). The average Bonchev–Trinajstić information content (AvgIpc) is 2.51. The van der Waals surface area contributed by atoms with E-state index in [-0.39, 0.29) is 18.3 Å². The molecular formula is C17H25FN4O. The van der Waals surface area contributed by atoms with E-state index in [0.29, 0.717) is 11.6 Å². The van der Waals surface area contributed by atoms with Gasteiger partial charge in [-0.2, -0.15) is 0 Å². The number of rotatable bonds is 8. The number of benzene rings is 1. The number of carbonyl (C=O) groups excluding carboxylic acids is 1. The number of nitrogens with one attached hydrogen (secondary N) is 2. The molecule has 0 aliphatic carbocycles. The number of hydrogen-bond acceptors (Lipinski definition) is 2. The number of anilines is 1. The van der Waals surface area contributed by atoms with Gasteiger partial charge in [0.25, 0.3) is 0 Å². The fraction of sp³-hybridized carbons (Fsp3) is 0.412. The summed E-state index contributed by atoms with van der Waals surface area (Å²) < 4.78 is 13.1. The summed E-state index contributed by atoms with van der Waals surface area (Å²) in [6.45, 7) is 7.19. The topological polar surface area (TPSA) is 56.7 Å². The molecule has 0 heterocycles. The number of aliphatic imine (C=N–C) groups is 1. The van der Waals surface area contributed by atoms with Crippen molar-refractivity contribution >= 4 is 17.6 Å². The minimum Gasteiger partial charge on any atom is -0.357 e. The van der Waals surface area contributed by atoms with Gasteiger partial charge in [-0.05, 0) is 38.0 Å². The number of unbranched alkanes of at least 4 members (excludes halogenated alkanes) is 1. The number of guanidine groups is 1. The van der Waals surface area contributed by atoms with E-state index < -0.39 is 0 Å². The smallest absolute Gasteiger partial charge is 0.246 e. The van der Waals surface area contributed by atoms with Gasteiger partial charge in [0.15, 0.2) is 5.96 Å². The minimum absolute atomic E-state index is 0.0232. The fourth-order valence-electron chi connectivity index (χ4n) is 1.96. The Morgan fingerprint density at radius 3 is 2.91 bits per heavy atom. The lowest BCUT2D eigenvalue weighted by Gasteiger charge is -2.21. The first-order valence-electron chi connectivity index (χ1n) is 7.72. The standard InChI is InChI=1S/C17H25FN4O/c1-4-6-7-11-22(3)17(19-5-2)20-13-16(23)21-15-10-8-9-14(18)12-15/h4,8-10,12H,1,5-7,11,13H2,2-3H3,(H,19,20)(H,21,23). The van der Waals surface area contributed by atoms with Gasteiger partial charge >= 0.3 is 0 Å². The van der Waals surface area contributed by atoms with E-state index in [2.05, 4.69) is 22.2 Å². The molecule has 23 heavy (non-hydrogen) atoms. The molecule has 0 spiro atoms. The van der Waals surface area contributed by atoms with E-state index in [9.17, 15) is 9.18 Å². The van der Waals surface area contributed by atoms with Crippen LogP contribution in [0.1, 0.15) is 19.8 Å². The first-order chi connectivity index (χ1) is 11.1. The molecule has 0 saturated heterocycles. The first kappa shape index (κ1) is 18.7. The fourth-order valence-corrected chi connectivity index (χ4v) is 1.96. The maximum atomic E-state index is 13.1. The van der Waals surface area contributed by atoms with E-state index in [0.717, 1.165) is 25.9 Å². The Hall–Kier alpha value is -2.37. The SMILES string of the molecule is C=CCCCN(C)C(=NCC(=O)Nc1cccc(F)c1)NCC. The number of carbonyl (C=O) groups is 1. The molecule has 0 atom stereocenters. The van der Waals surface area contributed by atoms with E-state index >= 15 is 0 Å². The third kappa shape index (κ3) is 7.44. The van der Waals surface area contributed by atoms with Crippen molar-refractivity contribution < 1.29 is 9.18 Å². The van der Waals surface area contributed by atoms with Gasteiger partial charge in [0.1, 0.15) is 12.4 Å². The van der Waals surface area contributed by atoms with Gasteiger partial charge in [0.05, 0.1) is 0 Å². The summed E-state index contributed by atoms with van der Waals surface area (Å²) in [6, 6.07) is 5.78. The van der Waals surface area contributed by atoms with E-state index in [1.54, 1.807) is 12.1 Å². The van der Waals surface area contributed by atoms with Crippen LogP contribution in [0.2, 0.25) is 0 Å². The van der Waals surface area contributed by atoms with Crippen LogP contribution in [0.3, 0.4) is 0 Å². The molecule has 0 fully saturated rings. The van der Waals surface area contributed by atoms with Crippen LogP contribution in [0.25, 0.3) is 0 Å². The third-order valence-corrected chi connectivity index (χ3v) is 3.08. The van der Waals surface area contributed by atoms with Crippen molar-refractivity contribution in [3.05, 3.63) is 42.7 Å². The predicted octanol–water partition coefficient (Wildman–Crippen LogP) is 2.63. The molecule has 0 saturated carbocycles. The highest BCUT2D eigenvalue weighted by atomic mass is 19.1. The zero-order valence-corrected chi connectivity index (χ0v) is 13.8. The maximum absolute atomic E-state index is 13.1. The van der Waals surface area contributed by atoms with Crippen molar-refractivity contribution in [3.63, 3.8) is 0 Å². The summed E-state index contributed by atoms with van der Waals surface area (Å²) >= 11 is 0. The molecule has 0 aliphatic rings. The zero-order valence-electron chi connectivity index (χ0n) is 13.8. The lowest BCUT2D eigenvalue weighted by atomic mass is 10.3. The molecule has 6 heteroatoms. The maximum Gasteiger partial charge on any atom is 0.246 e. The van der Waals surface area contributed by atoms with Crippen LogP contribution in [0.5, 0.6) is 0 Å². The predicted molar refractivity (Wildman–Crippen MR) is 93.1 cm³/mol. The van der Waals surface area contributed by atoms with E-state index in [4.69, 9.17) is 0 Å². The summed E-state index contributed by atoms with van der Waals surface area (Å²) in [5.41, 5.74) is 0.425. The van der Waals surface area contributed by atoms with Crippen LogP contribution in [0.4, 0.5) is 10.1 Å². The summed E-state index contributed by atoms with van der Waals surface area (Å²) in [6.07, 6.45) is 3.79. The molecule has 126 valence electrons. The van der Waals surface area contributed by atoms with Gasteiger partial charge < -0.3 is 15.5 Å². The van der Waals surface area contributed by atoms with Crippen molar-refractivity contribution in [1.29, 1.82) is 0 Å². The zero-order chi connectivity index (χ0) is 17.1. The Bertz CT molecular complexity index is 545. The highest BCUT2D eigenvalue weighted by molar-refractivity contribution is 5.94. The molecule has 2 N–H and O–H groups in total. The molecule has 0 aliphatic heterocycles. The minimum atomic E-state index is -0.387. The second-order valence-corrected chi connectivity index (χ2v) is 5.08. The summed E-state index contributed by atoms with van der Waals surface area (Å²) in [7, 11) is 1.93. The van der Waals surface area contributed by atoms with Crippen molar-refractivity contribution in [1.82, 2.24) is 10.2 Å². The molecule has 5 nitrogen and oxygen atoms in total. The van der Waals surface area contributed by atoms with Crippen LogP contribution < -0.4 is 10.6 Å². The number of allylic oxidation sites excluding steroid dienone is 1. The molecule has 1 amide bonds. The highest BCUT2D eigenvalue weighted by Gasteiger charge is 2.07. The molecule has 0 bridgehead atoms. The van der Waals surface area contributed by atoms with Gasteiger partial charge in [-0.25, -0.2) is 9.38 Å². The van der Waals surface area contributed by atoms with Crippen molar-refractivity contribution in [3.8, 4) is 0 Å². The number of halogens is 1. The van der Waals surface area contributed by atoms with Gasteiger partial charge in [0.2, 0.25) is 5.91 Å². The highest BCUT2D eigenvalue weighted by Crippen LogP contribution is 2.08. The van der Waals surface area contributed by atoms with Crippen molar-refractivity contribution in [2.45, 2.75) is 19.8 Å². The largest absolute Gasteiger partial charge is 0.357 e. The van der Waals surface area contributed by atoms with Crippen LogP contribution in [0, 0.1) is 5.82 Å². The van der Waals surface area contributed by atoms with Crippen molar-refractivity contribution in [2.24, 2.45) is 4.99 Å². The Balaban J connectivity index is 2.57. The number of amides is 1. The summed E-state index contributed by atoms with van der Waals surface area (Å²) in [4.78, 5) is 18.2. The second kappa shape index (κ2) is 10.4. The quantitative estimate of drug-likeness (QED) is 0.335. The van der Waals surface area contributed by atoms with Crippen molar-refractivity contribution in [2.75, 3.05) is 32.0 Å². The molecule has 1 aromatic rings. The second-order valence-electron chi connectivity index (χ2n) is 5.08. The van der Waals surface area contributed by atoms with Crippen LogP contribution >= 0.6 is 0 Å². The summed E-state index contributed by atoms with van der Waals surface area (Å²) in [5.74, 6) is -0.00181. The average molecular weight is 320 g/mol. The van der Waals surface area contributed by atoms with Gasteiger partial charge in [-0.15, -0.1) is 6.58 Å². The summed E-state index contributed by atoms with van der Waals surface area (Å²) in [5, 5.41) is 5.77. The molecule has 1 aromatic carbocycles. The number of nitrogens with zero attached hydrogens (tertiary/aromatic N) is 2. The van der Waals surface area contributed by atoms with Gasteiger partial charge in [-0.1, -0.05) is 12.1 Å². The first-order valence-corrected chi connectivity index (χ1v) is 7.72. The molecular weight excluding hydrogens is 295 g/mol. The Kier molecular flexibility index (Phi) is 8.42.